The standard InChI is InChI=1S/C26H25N5O5.BrH/c32-23(30-25-28-15-27-16-29-25)14-31-11-9-17(10-12-31)22(13-31)36-24(33)26(34)18-5-1-3-7-20(18)35-21-8-4-2-6-19(21)26;/h1-8,15-17,22,34H,9-14H2;1H. The number of amides is 1. The molecule has 1 amide bonds. The van der Waals surface area contributed by atoms with E-state index in [9.17, 15) is 14.7 Å². The molecule has 0 aliphatic carbocycles. The second kappa shape index (κ2) is 9.81. The summed E-state index contributed by atoms with van der Waals surface area (Å²) in [7, 11) is 0. The first-order chi connectivity index (χ1) is 17.5. The zero-order valence-electron chi connectivity index (χ0n) is 19.9. The lowest BCUT2D eigenvalue weighted by Gasteiger charge is -2.51. The number of hydrogen-bond donors (Lipinski definition) is 2. The molecule has 4 aliphatic rings. The molecule has 2 aromatic carbocycles. The Hall–Kier alpha value is -3.41. The number of nitrogens with one attached hydrogen (secondary N) is 1. The summed E-state index contributed by atoms with van der Waals surface area (Å²) in [6.07, 6.45) is 3.93. The molecule has 10 nitrogen and oxygen atoms in total. The fraction of sp³-hybridized carbons (Fsp3) is 0.346. The molecule has 3 saturated heterocycles. The predicted molar refractivity (Wildman–Crippen MR) is 127 cm³/mol. The zero-order valence-corrected chi connectivity index (χ0v) is 21.5. The first-order valence-electron chi connectivity index (χ1n) is 12.0. The Balaban J connectivity index is 0.00000280. The molecule has 4 aliphatic heterocycles. The highest BCUT2D eigenvalue weighted by Crippen LogP contribution is 2.48. The maximum Gasteiger partial charge on any atom is 0.348 e. The molecular formula is C26H26BrN5O5. The van der Waals surface area contributed by atoms with Gasteiger partial charge in [-0.05, 0) is 12.1 Å². The Labute approximate surface area is 224 Å². The number of hydrogen-bond acceptors (Lipinski definition) is 8. The molecule has 0 saturated carbocycles. The number of benzene rings is 2. The Kier molecular flexibility index (Phi) is 6.69. The first-order valence-corrected chi connectivity index (χ1v) is 12.0. The van der Waals surface area contributed by atoms with Gasteiger partial charge in [-0.25, -0.2) is 19.7 Å². The molecule has 0 spiro atoms. The van der Waals surface area contributed by atoms with E-state index in [1.165, 1.54) is 12.7 Å². The molecule has 37 heavy (non-hydrogen) atoms. The highest BCUT2D eigenvalue weighted by Gasteiger charge is 2.53. The third kappa shape index (κ3) is 4.47. The van der Waals surface area contributed by atoms with E-state index in [4.69, 9.17) is 9.47 Å². The highest BCUT2D eigenvalue weighted by molar-refractivity contribution is 5.90. The van der Waals surface area contributed by atoms with Gasteiger partial charge < -0.3 is 36.0 Å². The van der Waals surface area contributed by atoms with Crippen LogP contribution in [0.5, 0.6) is 11.5 Å². The number of quaternary nitrogens is 1. The molecule has 192 valence electrons. The van der Waals surface area contributed by atoms with Gasteiger partial charge in [0.2, 0.25) is 11.5 Å². The summed E-state index contributed by atoms with van der Waals surface area (Å²) in [5.74, 6) is 0.317. The number of halogens is 1. The normalized spacial score (nSPS) is 24.5. The molecule has 1 unspecified atom stereocenters. The van der Waals surface area contributed by atoms with Crippen molar-refractivity contribution in [3.05, 3.63) is 72.3 Å². The third-order valence-corrected chi connectivity index (χ3v) is 7.59. The van der Waals surface area contributed by atoms with Gasteiger partial charge in [0.1, 0.15) is 30.7 Å². The Morgan fingerprint density at radius 1 is 1.03 bits per heavy atom. The molecule has 5 heterocycles. The van der Waals surface area contributed by atoms with Crippen molar-refractivity contribution in [2.75, 3.05) is 31.5 Å². The van der Waals surface area contributed by atoms with Crippen LogP contribution in [-0.2, 0) is 19.9 Å². The van der Waals surface area contributed by atoms with Crippen molar-refractivity contribution in [2.45, 2.75) is 24.5 Å². The minimum absolute atomic E-state index is 0. The summed E-state index contributed by atoms with van der Waals surface area (Å²) >= 11 is 0. The van der Waals surface area contributed by atoms with Crippen LogP contribution in [0.1, 0.15) is 24.0 Å². The number of esters is 1. The predicted octanol–water partition coefficient (Wildman–Crippen LogP) is -0.992. The van der Waals surface area contributed by atoms with Crippen molar-refractivity contribution >= 4 is 17.8 Å². The van der Waals surface area contributed by atoms with Gasteiger partial charge in [0, 0.05) is 29.9 Å². The van der Waals surface area contributed by atoms with Gasteiger partial charge in [-0.3, -0.25) is 10.1 Å². The summed E-state index contributed by atoms with van der Waals surface area (Å²) in [6.45, 7) is 2.40. The van der Waals surface area contributed by atoms with Gasteiger partial charge in [-0.2, -0.15) is 0 Å². The first kappa shape index (κ1) is 25.2. The maximum absolute atomic E-state index is 13.7. The Bertz CT molecular complexity index is 1270. The third-order valence-electron chi connectivity index (χ3n) is 7.59. The summed E-state index contributed by atoms with van der Waals surface area (Å²) in [4.78, 5) is 38.2. The van der Waals surface area contributed by atoms with Crippen LogP contribution in [0.3, 0.4) is 0 Å². The summed E-state index contributed by atoms with van der Waals surface area (Å²) in [5.41, 5.74) is -1.27. The number of nitrogens with zero attached hydrogens (tertiary/aromatic N) is 4. The Morgan fingerprint density at radius 2 is 1.62 bits per heavy atom. The SMILES string of the molecule is O=C(C[N+]12CCC(CC1)C(OC(=O)C1(O)c3ccccc3Oc3ccccc31)C2)Nc1ncncn1.[Br-]. The molecule has 7 rings (SSSR count). The fourth-order valence-corrected chi connectivity index (χ4v) is 5.76. The van der Waals surface area contributed by atoms with Gasteiger partial charge in [-0.15, -0.1) is 0 Å². The summed E-state index contributed by atoms with van der Waals surface area (Å²) in [5, 5.41) is 14.6. The number of rotatable bonds is 5. The van der Waals surface area contributed by atoms with Crippen LogP contribution in [0.25, 0.3) is 0 Å². The number of fused-ring (bicyclic) bond motifs is 5. The second-order valence-corrected chi connectivity index (χ2v) is 9.73. The fourth-order valence-electron chi connectivity index (χ4n) is 5.76. The van der Waals surface area contributed by atoms with Crippen LogP contribution in [0.4, 0.5) is 5.95 Å². The quantitative estimate of drug-likeness (QED) is 0.297. The van der Waals surface area contributed by atoms with Gasteiger partial charge in [0.25, 0.3) is 5.91 Å². The molecule has 2 N–H and O–H groups in total. The molecule has 11 heteroatoms. The summed E-state index contributed by atoms with van der Waals surface area (Å²) in [6, 6.07) is 13.9. The number of aliphatic hydroxyl groups is 1. The van der Waals surface area contributed by atoms with E-state index >= 15 is 0 Å². The number of para-hydroxylation sites is 2. The average molecular weight is 568 g/mol. The number of carbonyl (C=O) groups excluding carboxylic acids is 2. The van der Waals surface area contributed by atoms with Gasteiger partial charge >= 0.3 is 5.97 Å². The van der Waals surface area contributed by atoms with Crippen molar-refractivity contribution in [1.29, 1.82) is 0 Å². The molecule has 0 radical (unpaired) electrons. The highest BCUT2D eigenvalue weighted by atomic mass is 79.9. The van der Waals surface area contributed by atoms with Gasteiger partial charge in [0.15, 0.2) is 12.6 Å². The van der Waals surface area contributed by atoms with Crippen LogP contribution in [0.2, 0.25) is 0 Å². The average Bonchev–Trinajstić information content (AvgIpc) is 2.90. The van der Waals surface area contributed by atoms with E-state index in [2.05, 4.69) is 20.3 Å². The van der Waals surface area contributed by atoms with Crippen molar-refractivity contribution in [3.8, 4) is 11.5 Å². The van der Waals surface area contributed by atoms with Crippen molar-refractivity contribution < 1.29 is 45.6 Å². The van der Waals surface area contributed by atoms with Gasteiger partial charge in [-0.1, -0.05) is 36.4 Å². The summed E-state index contributed by atoms with van der Waals surface area (Å²) < 4.78 is 12.5. The van der Waals surface area contributed by atoms with E-state index in [-0.39, 0.29) is 41.3 Å². The van der Waals surface area contributed by atoms with Crippen molar-refractivity contribution in [2.24, 2.45) is 5.92 Å². The van der Waals surface area contributed by atoms with Crippen LogP contribution in [0, 0.1) is 5.92 Å². The number of piperidine rings is 3. The minimum atomic E-state index is -1.99. The molecule has 1 aromatic heterocycles. The Morgan fingerprint density at radius 3 is 2.24 bits per heavy atom. The molecule has 3 aromatic rings. The van der Waals surface area contributed by atoms with Crippen molar-refractivity contribution in [3.63, 3.8) is 0 Å². The van der Waals surface area contributed by atoms with Gasteiger partial charge in [0.05, 0.1) is 13.1 Å². The molecular weight excluding hydrogens is 542 g/mol. The van der Waals surface area contributed by atoms with Crippen LogP contribution < -0.4 is 27.0 Å². The van der Waals surface area contributed by atoms with E-state index in [0.717, 1.165) is 25.9 Å². The van der Waals surface area contributed by atoms with E-state index in [1.54, 1.807) is 48.5 Å². The number of aromatic nitrogens is 3. The second-order valence-electron chi connectivity index (χ2n) is 9.73. The smallest absolute Gasteiger partial charge is 0.348 e. The molecule has 1 atom stereocenters. The lowest BCUT2D eigenvalue weighted by molar-refractivity contribution is -0.939. The largest absolute Gasteiger partial charge is 1.00 e. The zero-order chi connectivity index (χ0) is 24.8. The number of anilines is 1. The van der Waals surface area contributed by atoms with E-state index in [0.29, 0.717) is 33.7 Å². The molecule has 3 fully saturated rings. The van der Waals surface area contributed by atoms with Crippen LogP contribution >= 0.6 is 0 Å². The maximum atomic E-state index is 13.7. The van der Waals surface area contributed by atoms with Crippen LogP contribution in [-0.4, -0.2) is 68.7 Å². The molecule has 2 bridgehead atoms. The van der Waals surface area contributed by atoms with Crippen molar-refractivity contribution in [1.82, 2.24) is 15.0 Å². The van der Waals surface area contributed by atoms with E-state index < -0.39 is 17.7 Å². The lowest BCUT2D eigenvalue weighted by atomic mass is 9.81. The topological polar surface area (TPSA) is 124 Å². The number of carbonyl (C=O) groups is 2. The van der Waals surface area contributed by atoms with Crippen LogP contribution in [0.15, 0.2) is 61.2 Å². The lowest BCUT2D eigenvalue weighted by Crippen LogP contribution is -3.00. The minimum Gasteiger partial charge on any atom is -1.00 e. The number of ether oxygens (including phenoxy) is 2. The van der Waals surface area contributed by atoms with E-state index in [1.807, 2.05) is 0 Å². The monoisotopic (exact) mass is 567 g/mol.